The lowest BCUT2D eigenvalue weighted by Crippen LogP contribution is -2.59. The number of carbonyl (C=O) groups is 1. The molecule has 0 spiro atoms. The molecule has 0 aromatic rings. The molecule has 0 N–H and O–H groups in total. The Morgan fingerprint density at radius 3 is 2.21 bits per heavy atom. The van der Waals surface area contributed by atoms with Gasteiger partial charge < -0.3 is 4.74 Å². The second-order valence-corrected chi connectivity index (χ2v) is 7.82. The number of hydrogen-bond donors (Lipinski definition) is 0. The van der Waals surface area contributed by atoms with Crippen LogP contribution in [-0.4, -0.2) is 23.6 Å². The Morgan fingerprint density at radius 2 is 1.74 bits per heavy atom. The molecule has 0 unspecified atom stereocenters. The van der Waals surface area contributed by atoms with Gasteiger partial charge in [0.15, 0.2) is 0 Å². The molecule has 19 heavy (non-hydrogen) atoms. The first-order valence-corrected chi connectivity index (χ1v) is 9.28. The van der Waals surface area contributed by atoms with Crippen molar-refractivity contribution in [3.05, 3.63) is 0 Å². The number of thioether (sulfide) groups is 1. The maximum absolute atomic E-state index is 12.1. The van der Waals surface area contributed by atoms with Gasteiger partial charge in [-0.2, -0.15) is 11.8 Å². The lowest BCUT2D eigenvalue weighted by molar-refractivity contribution is -0.210. The minimum Gasteiger partial charge on any atom is -0.458 e. The summed E-state index contributed by atoms with van der Waals surface area (Å²) in [5.74, 6) is 4.13. The Labute approximate surface area is 121 Å². The number of hydrogen-bond acceptors (Lipinski definition) is 3. The highest BCUT2D eigenvalue weighted by atomic mass is 32.2. The summed E-state index contributed by atoms with van der Waals surface area (Å²) in [4.78, 5) is 12.1. The van der Waals surface area contributed by atoms with Crippen LogP contribution in [0.25, 0.3) is 0 Å². The van der Waals surface area contributed by atoms with E-state index in [2.05, 4.69) is 6.92 Å². The highest BCUT2D eigenvalue weighted by Crippen LogP contribution is 2.60. The molecule has 4 aliphatic rings. The minimum absolute atomic E-state index is 0.0451. The van der Waals surface area contributed by atoms with Gasteiger partial charge in [-0.1, -0.05) is 6.92 Å². The fraction of sp³-hybridized carbons (Fsp3) is 0.938. The third kappa shape index (κ3) is 2.32. The van der Waals surface area contributed by atoms with Crippen molar-refractivity contribution in [2.45, 2.75) is 57.5 Å². The van der Waals surface area contributed by atoms with Crippen LogP contribution in [-0.2, 0) is 9.53 Å². The molecule has 108 valence electrons. The number of ether oxygens (including phenoxy) is 1. The molecule has 0 atom stereocenters. The van der Waals surface area contributed by atoms with Gasteiger partial charge in [-0.15, -0.1) is 0 Å². The van der Waals surface area contributed by atoms with E-state index in [-0.39, 0.29) is 11.6 Å². The Kier molecular flexibility index (Phi) is 3.85. The van der Waals surface area contributed by atoms with Crippen LogP contribution in [0.2, 0.25) is 0 Å². The molecule has 0 heterocycles. The van der Waals surface area contributed by atoms with E-state index in [0.29, 0.717) is 18.3 Å². The van der Waals surface area contributed by atoms with Crippen molar-refractivity contribution in [3.63, 3.8) is 0 Å². The lowest BCUT2D eigenvalue weighted by Gasteiger charge is -2.60. The monoisotopic (exact) mass is 282 g/mol. The SMILES string of the molecule is CCC1(OC(=O)CCSC)C2CC3CC(C2)CC1C3. The molecule has 4 bridgehead atoms. The van der Waals surface area contributed by atoms with Crippen molar-refractivity contribution < 1.29 is 9.53 Å². The van der Waals surface area contributed by atoms with Crippen LogP contribution in [0.3, 0.4) is 0 Å². The first-order chi connectivity index (χ1) is 9.18. The van der Waals surface area contributed by atoms with Gasteiger partial charge in [-0.05, 0) is 68.5 Å². The smallest absolute Gasteiger partial charge is 0.307 e. The van der Waals surface area contributed by atoms with E-state index in [4.69, 9.17) is 4.74 Å². The van der Waals surface area contributed by atoms with Crippen molar-refractivity contribution in [2.24, 2.45) is 23.7 Å². The van der Waals surface area contributed by atoms with Gasteiger partial charge in [0.05, 0.1) is 6.42 Å². The van der Waals surface area contributed by atoms with Gasteiger partial charge in [0.1, 0.15) is 5.60 Å². The quantitative estimate of drug-likeness (QED) is 0.716. The average Bonchev–Trinajstić information content (AvgIpc) is 2.40. The van der Waals surface area contributed by atoms with Gasteiger partial charge in [-0.25, -0.2) is 0 Å². The Morgan fingerprint density at radius 1 is 1.16 bits per heavy atom. The van der Waals surface area contributed by atoms with E-state index in [1.165, 1.54) is 32.1 Å². The molecule has 2 nitrogen and oxygen atoms in total. The largest absolute Gasteiger partial charge is 0.458 e. The number of rotatable bonds is 5. The molecule has 3 heteroatoms. The Bertz CT molecular complexity index is 325. The van der Waals surface area contributed by atoms with Crippen molar-refractivity contribution in [1.29, 1.82) is 0 Å². The second kappa shape index (κ2) is 5.31. The zero-order valence-electron chi connectivity index (χ0n) is 12.2. The standard InChI is InChI=1S/C16H26O2S/c1-3-16(18-15(17)4-5-19-2)13-7-11-6-12(9-13)10-14(16)8-11/h11-14H,3-10H2,1-2H3. The van der Waals surface area contributed by atoms with E-state index in [1.54, 1.807) is 11.8 Å². The summed E-state index contributed by atoms with van der Waals surface area (Å²) >= 11 is 1.73. The van der Waals surface area contributed by atoms with Gasteiger partial charge >= 0.3 is 5.97 Å². The molecule has 4 aliphatic carbocycles. The zero-order valence-corrected chi connectivity index (χ0v) is 13.0. The Balaban J connectivity index is 1.73. The first-order valence-electron chi connectivity index (χ1n) is 7.88. The number of carbonyl (C=O) groups excluding carboxylic acids is 1. The molecule has 0 aliphatic heterocycles. The molecular formula is C16H26O2S. The molecule has 4 rings (SSSR count). The van der Waals surface area contributed by atoms with Crippen LogP contribution in [0.4, 0.5) is 0 Å². The van der Waals surface area contributed by atoms with E-state index in [0.717, 1.165) is 24.0 Å². The van der Waals surface area contributed by atoms with E-state index in [1.807, 2.05) is 6.26 Å². The molecule has 0 radical (unpaired) electrons. The van der Waals surface area contributed by atoms with Crippen molar-refractivity contribution in [1.82, 2.24) is 0 Å². The van der Waals surface area contributed by atoms with Crippen LogP contribution in [0, 0.1) is 23.7 Å². The van der Waals surface area contributed by atoms with Gasteiger partial charge in [0.25, 0.3) is 0 Å². The molecule has 0 amide bonds. The number of esters is 1. The van der Waals surface area contributed by atoms with Crippen LogP contribution in [0.15, 0.2) is 0 Å². The van der Waals surface area contributed by atoms with Crippen molar-refractivity contribution in [3.8, 4) is 0 Å². The van der Waals surface area contributed by atoms with Gasteiger partial charge in [0.2, 0.25) is 0 Å². The third-order valence-corrected chi connectivity index (χ3v) is 6.50. The summed E-state index contributed by atoms with van der Waals surface area (Å²) in [5.41, 5.74) is -0.0943. The zero-order chi connectivity index (χ0) is 13.5. The molecule has 0 aromatic heterocycles. The van der Waals surface area contributed by atoms with E-state index >= 15 is 0 Å². The van der Waals surface area contributed by atoms with Crippen molar-refractivity contribution >= 4 is 17.7 Å². The maximum atomic E-state index is 12.1. The summed E-state index contributed by atoms with van der Waals surface area (Å²) in [7, 11) is 0. The highest BCUT2D eigenvalue weighted by molar-refractivity contribution is 7.98. The maximum Gasteiger partial charge on any atom is 0.307 e. The lowest BCUT2D eigenvalue weighted by atomic mass is 9.49. The predicted molar refractivity (Wildman–Crippen MR) is 79.2 cm³/mol. The fourth-order valence-electron chi connectivity index (χ4n) is 5.25. The molecule has 0 aromatic carbocycles. The fourth-order valence-corrected chi connectivity index (χ4v) is 5.62. The summed E-state index contributed by atoms with van der Waals surface area (Å²) in [6, 6.07) is 0. The highest BCUT2D eigenvalue weighted by Gasteiger charge is 2.58. The van der Waals surface area contributed by atoms with Crippen LogP contribution in [0.5, 0.6) is 0 Å². The second-order valence-electron chi connectivity index (χ2n) is 6.83. The van der Waals surface area contributed by atoms with E-state index in [9.17, 15) is 4.79 Å². The van der Waals surface area contributed by atoms with Crippen LogP contribution in [0.1, 0.15) is 51.9 Å². The summed E-state index contributed by atoms with van der Waals surface area (Å²) in [6.45, 7) is 2.23. The molecule has 0 saturated heterocycles. The molecule has 4 saturated carbocycles. The normalized spacial score (nSPS) is 43.5. The molecule has 4 fully saturated rings. The minimum atomic E-state index is -0.0943. The average molecular weight is 282 g/mol. The third-order valence-electron chi connectivity index (χ3n) is 5.89. The van der Waals surface area contributed by atoms with Crippen LogP contribution < -0.4 is 0 Å². The Hall–Kier alpha value is -0.180. The summed E-state index contributed by atoms with van der Waals surface area (Å²) < 4.78 is 6.11. The summed E-state index contributed by atoms with van der Waals surface area (Å²) in [5, 5.41) is 0. The predicted octanol–water partition coefficient (Wildman–Crippen LogP) is 3.89. The summed E-state index contributed by atoms with van der Waals surface area (Å²) in [6.07, 6.45) is 10.4. The van der Waals surface area contributed by atoms with Gasteiger partial charge in [-0.3, -0.25) is 4.79 Å². The van der Waals surface area contributed by atoms with E-state index < -0.39 is 0 Å². The van der Waals surface area contributed by atoms with Crippen LogP contribution >= 0.6 is 11.8 Å². The molecular weight excluding hydrogens is 256 g/mol. The van der Waals surface area contributed by atoms with Gasteiger partial charge in [0, 0.05) is 5.75 Å². The first kappa shape index (κ1) is 13.8. The topological polar surface area (TPSA) is 26.3 Å². The van der Waals surface area contributed by atoms with Crippen molar-refractivity contribution in [2.75, 3.05) is 12.0 Å².